The van der Waals surface area contributed by atoms with E-state index in [-0.39, 0.29) is 10.6 Å². The molecule has 2 fully saturated rings. The molecule has 0 saturated carbocycles. The largest absolute Gasteiger partial charge is 0.451 e. The first kappa shape index (κ1) is 28.2. The van der Waals surface area contributed by atoms with Gasteiger partial charge in [-0.25, -0.2) is 13.2 Å². The Bertz CT molecular complexity index is 1550. The number of hydrogen-bond acceptors (Lipinski definition) is 8. The number of aryl methyl sites for hydroxylation is 1. The maximum Gasteiger partial charge on any atom is 0.331 e. The average Bonchev–Trinajstić information content (AvgIpc) is 3.13. The maximum atomic E-state index is 13.6. The van der Waals surface area contributed by atoms with Crippen LogP contribution in [0.15, 0.2) is 94.2 Å². The highest BCUT2D eigenvalue weighted by molar-refractivity contribution is 8.08. The summed E-state index contributed by atoms with van der Waals surface area (Å²) in [6, 6.07) is 23.6. The summed E-state index contributed by atoms with van der Waals surface area (Å²) in [6.07, 6.45) is -0.727. The van der Waals surface area contributed by atoms with E-state index in [0.717, 1.165) is 16.7 Å². The SMILES string of the molecule is Cc1ccc(S(=O)(=O)NS/N=C2/C(=O)N3[C@@H]2S(=O)C(C)(C)[C@@H]3C(=O)OC(c2ccccc2)c2ccccc2)cc1. The van der Waals surface area contributed by atoms with Gasteiger partial charge in [0.2, 0.25) is 0 Å². The van der Waals surface area contributed by atoms with Gasteiger partial charge in [0.05, 0.1) is 32.6 Å². The van der Waals surface area contributed by atoms with Crippen LogP contribution in [0.4, 0.5) is 0 Å². The number of carbonyl (C=O) groups is 2. The van der Waals surface area contributed by atoms with E-state index in [1.807, 2.05) is 67.6 Å². The van der Waals surface area contributed by atoms with E-state index in [4.69, 9.17) is 4.74 Å². The van der Waals surface area contributed by atoms with Crippen molar-refractivity contribution in [3.63, 3.8) is 0 Å². The van der Waals surface area contributed by atoms with Crippen molar-refractivity contribution in [1.29, 1.82) is 0 Å². The van der Waals surface area contributed by atoms with Crippen LogP contribution in [0.25, 0.3) is 0 Å². The van der Waals surface area contributed by atoms with E-state index in [1.54, 1.807) is 26.0 Å². The quantitative estimate of drug-likeness (QED) is 0.239. The number of sulfonamides is 1. The topological polar surface area (TPSA) is 122 Å². The van der Waals surface area contributed by atoms with Gasteiger partial charge in [0.15, 0.2) is 17.2 Å². The molecule has 0 aromatic heterocycles. The number of nitrogens with zero attached hydrogens (tertiary/aromatic N) is 2. The Kier molecular flexibility index (Phi) is 7.71. The molecular weight excluding hydrogens is 571 g/mol. The number of nitrogens with one attached hydrogen (secondary N) is 1. The number of amides is 1. The Labute approximate surface area is 239 Å². The van der Waals surface area contributed by atoms with Crippen molar-refractivity contribution in [3.8, 4) is 0 Å². The third-order valence-electron chi connectivity index (χ3n) is 6.88. The molecule has 1 unspecified atom stereocenters. The van der Waals surface area contributed by atoms with Gasteiger partial charge in [0.25, 0.3) is 15.9 Å². The van der Waals surface area contributed by atoms with Gasteiger partial charge in [-0.3, -0.25) is 9.00 Å². The molecule has 2 aliphatic heterocycles. The first-order chi connectivity index (χ1) is 19.0. The van der Waals surface area contributed by atoms with Crippen LogP contribution < -0.4 is 4.13 Å². The van der Waals surface area contributed by atoms with Gasteiger partial charge in [0, 0.05) is 0 Å². The van der Waals surface area contributed by atoms with Gasteiger partial charge in [-0.1, -0.05) is 78.4 Å². The molecule has 12 heteroatoms. The van der Waals surface area contributed by atoms with Crippen molar-refractivity contribution in [3.05, 3.63) is 102 Å². The Morgan fingerprint density at radius 2 is 1.55 bits per heavy atom. The number of esters is 1. The molecule has 0 spiro atoms. The van der Waals surface area contributed by atoms with Gasteiger partial charge in [-0.2, -0.15) is 4.40 Å². The highest BCUT2D eigenvalue weighted by Gasteiger charge is 2.67. The number of benzene rings is 3. The second kappa shape index (κ2) is 10.9. The number of fused-ring (bicyclic) bond motifs is 1. The average molecular weight is 598 g/mol. The standard InChI is InChI=1S/C28H27N3O6S3/c1-18-14-16-21(17-15-18)40(35,36)30-38-29-22-25(32)31-24(28(2,3)39(34)26(22)31)27(33)37-23(19-10-6-4-7-11-19)20-12-8-5-9-13-20/h4-17,23-24,26,30H,1-3H3/b29-22-/t24-,26+,39?/m0/s1. The predicted octanol–water partition coefficient (Wildman–Crippen LogP) is 3.69. The minimum Gasteiger partial charge on any atom is -0.451 e. The lowest BCUT2D eigenvalue weighted by molar-refractivity contribution is -0.158. The van der Waals surface area contributed by atoms with Crippen LogP contribution in [-0.2, 0) is 35.1 Å². The van der Waals surface area contributed by atoms with Gasteiger partial charge < -0.3 is 9.64 Å². The van der Waals surface area contributed by atoms with Crippen molar-refractivity contribution in [2.24, 2.45) is 4.40 Å². The molecule has 2 aliphatic rings. The molecule has 0 bridgehead atoms. The Hall–Kier alpha value is -3.32. The van der Waals surface area contributed by atoms with Gasteiger partial charge >= 0.3 is 5.97 Å². The highest BCUT2D eigenvalue weighted by Crippen LogP contribution is 2.44. The summed E-state index contributed by atoms with van der Waals surface area (Å²) in [5, 5.41) is -0.955. The summed E-state index contributed by atoms with van der Waals surface area (Å²) >= 11 is 0.465. The summed E-state index contributed by atoms with van der Waals surface area (Å²) in [4.78, 5) is 28.1. The van der Waals surface area contributed by atoms with E-state index in [0.29, 0.717) is 12.1 Å². The third-order valence-corrected chi connectivity index (χ3v) is 11.4. The fourth-order valence-corrected chi connectivity index (χ4v) is 8.28. The Morgan fingerprint density at radius 3 is 2.10 bits per heavy atom. The van der Waals surface area contributed by atoms with Gasteiger partial charge in [-0.05, 0) is 44.0 Å². The third kappa shape index (κ3) is 5.12. The van der Waals surface area contributed by atoms with E-state index < -0.39 is 55.0 Å². The number of rotatable bonds is 8. The zero-order valence-corrected chi connectivity index (χ0v) is 24.3. The Morgan fingerprint density at radius 1 is 1.00 bits per heavy atom. The predicted molar refractivity (Wildman–Crippen MR) is 154 cm³/mol. The monoisotopic (exact) mass is 597 g/mol. The molecular formula is C28H27N3O6S3. The molecule has 2 heterocycles. The molecule has 1 amide bonds. The smallest absolute Gasteiger partial charge is 0.331 e. The molecule has 40 heavy (non-hydrogen) atoms. The second-order valence-corrected chi connectivity index (χ2v) is 14.6. The van der Waals surface area contributed by atoms with Gasteiger partial charge in [-0.15, -0.1) is 4.13 Å². The zero-order valence-electron chi connectivity index (χ0n) is 21.9. The van der Waals surface area contributed by atoms with E-state index in [1.165, 1.54) is 17.0 Å². The maximum absolute atomic E-state index is 13.6. The Balaban J connectivity index is 1.35. The summed E-state index contributed by atoms with van der Waals surface area (Å²) < 4.78 is 49.8. The molecule has 208 valence electrons. The van der Waals surface area contributed by atoms with Crippen LogP contribution in [0.1, 0.15) is 36.6 Å². The molecule has 3 aromatic rings. The van der Waals surface area contributed by atoms with E-state index >= 15 is 0 Å². The van der Waals surface area contributed by atoms with Crippen LogP contribution in [0.2, 0.25) is 0 Å². The first-order valence-corrected chi connectivity index (χ1v) is 15.9. The molecule has 1 N–H and O–H groups in total. The van der Waals surface area contributed by atoms with E-state index in [2.05, 4.69) is 8.53 Å². The van der Waals surface area contributed by atoms with Crippen molar-refractivity contribution in [1.82, 2.24) is 9.03 Å². The van der Waals surface area contributed by atoms with Crippen molar-refractivity contribution in [2.45, 2.75) is 47.9 Å². The molecule has 9 nitrogen and oxygen atoms in total. The molecule has 3 aromatic carbocycles. The summed E-state index contributed by atoms with van der Waals surface area (Å²) in [5.41, 5.74) is 2.35. The van der Waals surface area contributed by atoms with Crippen LogP contribution in [0.5, 0.6) is 0 Å². The fourth-order valence-electron chi connectivity index (χ4n) is 4.73. The second-order valence-electron chi connectivity index (χ2n) is 9.97. The lowest BCUT2D eigenvalue weighted by atomic mass is 9.96. The van der Waals surface area contributed by atoms with Crippen molar-refractivity contribution >= 4 is 50.5 Å². The van der Waals surface area contributed by atoms with Crippen molar-refractivity contribution in [2.75, 3.05) is 0 Å². The number of β-lactam (4-membered cyclic amide) rings is 1. The van der Waals surface area contributed by atoms with Crippen LogP contribution in [0, 0.1) is 6.92 Å². The molecule has 5 rings (SSSR count). The van der Waals surface area contributed by atoms with Crippen LogP contribution in [-0.4, -0.2) is 51.3 Å². The molecule has 2 saturated heterocycles. The fraction of sp³-hybridized carbons (Fsp3) is 0.250. The van der Waals surface area contributed by atoms with Crippen LogP contribution in [0.3, 0.4) is 0 Å². The first-order valence-electron chi connectivity index (χ1n) is 12.4. The molecule has 0 aliphatic carbocycles. The van der Waals surface area contributed by atoms with Gasteiger partial charge in [0.1, 0.15) is 6.04 Å². The number of carbonyl (C=O) groups excluding carboxylic acids is 2. The summed E-state index contributed by atoms with van der Waals surface area (Å²) in [6.45, 7) is 5.13. The minimum atomic E-state index is -3.89. The molecule has 0 radical (unpaired) electrons. The number of hydrogen-bond donors (Lipinski definition) is 1. The van der Waals surface area contributed by atoms with Crippen molar-refractivity contribution < 1.29 is 27.0 Å². The number of ether oxygens (including phenoxy) is 1. The highest BCUT2D eigenvalue weighted by atomic mass is 32.3. The summed E-state index contributed by atoms with van der Waals surface area (Å²) in [7, 11) is -5.60. The lowest BCUT2D eigenvalue weighted by Crippen LogP contribution is -2.64. The minimum absolute atomic E-state index is 0.0483. The zero-order chi connectivity index (χ0) is 28.7. The van der Waals surface area contributed by atoms with E-state index in [9.17, 15) is 22.2 Å². The summed E-state index contributed by atoms with van der Waals surface area (Å²) in [5.74, 6) is -1.28. The van der Waals surface area contributed by atoms with Crippen LogP contribution >= 0.6 is 12.1 Å². The lowest BCUT2D eigenvalue weighted by Gasteiger charge is -2.38. The normalized spacial score (nSPS) is 22.7. The molecule has 3 atom stereocenters.